The van der Waals surface area contributed by atoms with Gasteiger partial charge in [0.1, 0.15) is 28.3 Å². The first-order valence-electron chi connectivity index (χ1n) is 9.64. The summed E-state index contributed by atoms with van der Waals surface area (Å²) < 4.78 is 16.5. The second-order valence-corrected chi connectivity index (χ2v) is 7.17. The van der Waals surface area contributed by atoms with Crippen molar-refractivity contribution in [2.75, 3.05) is 19.5 Å². The van der Waals surface area contributed by atoms with Gasteiger partial charge in [-0.1, -0.05) is 12.1 Å². The lowest BCUT2D eigenvalue weighted by Crippen LogP contribution is -2.14. The molecule has 4 rings (SSSR count). The van der Waals surface area contributed by atoms with E-state index < -0.39 is 5.91 Å². The fraction of sp³-hybridized carbons (Fsp3) is 0.167. The van der Waals surface area contributed by atoms with Crippen LogP contribution in [0.3, 0.4) is 0 Å². The lowest BCUT2D eigenvalue weighted by atomic mass is 10.1. The number of hydrogen-bond donors (Lipinski definition) is 2. The van der Waals surface area contributed by atoms with E-state index in [9.17, 15) is 9.90 Å². The minimum absolute atomic E-state index is 0.0381. The molecule has 3 aromatic carbocycles. The summed E-state index contributed by atoms with van der Waals surface area (Å²) in [5, 5.41) is 13.5. The first-order valence-corrected chi connectivity index (χ1v) is 9.64. The van der Waals surface area contributed by atoms with E-state index in [4.69, 9.17) is 13.9 Å². The SMILES string of the molecule is COc1cccc(OC)c1C(=O)Nc1cc(C)c(O)c(-c2nc3cc(C)ccc3o2)c1. The molecule has 7 heteroatoms. The number of aryl methyl sites for hydroxylation is 2. The van der Waals surface area contributed by atoms with Crippen molar-refractivity contribution in [1.82, 2.24) is 4.98 Å². The number of ether oxygens (including phenoxy) is 2. The summed E-state index contributed by atoms with van der Waals surface area (Å²) >= 11 is 0. The van der Waals surface area contributed by atoms with E-state index >= 15 is 0 Å². The number of carbonyl (C=O) groups is 1. The largest absolute Gasteiger partial charge is 0.507 e. The molecular weight excluding hydrogens is 396 g/mol. The van der Waals surface area contributed by atoms with Gasteiger partial charge in [0.25, 0.3) is 5.91 Å². The number of nitrogens with zero attached hydrogens (tertiary/aromatic N) is 1. The van der Waals surface area contributed by atoms with E-state index in [0.29, 0.717) is 39.4 Å². The van der Waals surface area contributed by atoms with Crippen molar-refractivity contribution in [3.05, 3.63) is 65.2 Å². The number of nitrogens with one attached hydrogen (secondary N) is 1. The Kier molecular flexibility index (Phi) is 5.25. The number of methoxy groups -OCH3 is 2. The zero-order valence-electron chi connectivity index (χ0n) is 17.6. The number of rotatable bonds is 5. The molecule has 7 nitrogen and oxygen atoms in total. The van der Waals surface area contributed by atoms with Crippen molar-refractivity contribution >= 4 is 22.7 Å². The van der Waals surface area contributed by atoms with E-state index in [2.05, 4.69) is 10.3 Å². The predicted molar refractivity (Wildman–Crippen MR) is 118 cm³/mol. The number of oxazole rings is 1. The Morgan fingerprint density at radius 1 is 1.03 bits per heavy atom. The molecule has 0 bridgehead atoms. The molecule has 1 amide bonds. The second kappa shape index (κ2) is 8.02. The van der Waals surface area contributed by atoms with Gasteiger partial charge in [-0.2, -0.15) is 0 Å². The highest BCUT2D eigenvalue weighted by molar-refractivity contribution is 6.08. The lowest BCUT2D eigenvalue weighted by Gasteiger charge is -2.14. The Morgan fingerprint density at radius 2 is 1.74 bits per heavy atom. The monoisotopic (exact) mass is 418 g/mol. The van der Waals surface area contributed by atoms with Crippen molar-refractivity contribution in [3.8, 4) is 28.7 Å². The van der Waals surface area contributed by atoms with Crippen LogP contribution in [0.2, 0.25) is 0 Å². The van der Waals surface area contributed by atoms with Crippen molar-refractivity contribution in [1.29, 1.82) is 0 Å². The first-order chi connectivity index (χ1) is 14.9. The topological polar surface area (TPSA) is 93.8 Å². The van der Waals surface area contributed by atoms with E-state index in [1.807, 2.05) is 25.1 Å². The van der Waals surface area contributed by atoms with Crippen LogP contribution in [0.15, 0.2) is 52.9 Å². The first kappa shape index (κ1) is 20.3. The number of fused-ring (bicyclic) bond motifs is 1. The van der Waals surface area contributed by atoms with Crippen LogP contribution in [0, 0.1) is 13.8 Å². The molecule has 0 saturated carbocycles. The van der Waals surface area contributed by atoms with Crippen LogP contribution in [-0.2, 0) is 0 Å². The third-order valence-corrected chi connectivity index (χ3v) is 4.99. The number of hydrogen-bond acceptors (Lipinski definition) is 6. The van der Waals surface area contributed by atoms with Gasteiger partial charge in [0.05, 0.1) is 19.8 Å². The molecule has 0 radical (unpaired) electrons. The normalized spacial score (nSPS) is 10.8. The Bertz CT molecular complexity index is 1270. The molecule has 4 aromatic rings. The average Bonchev–Trinajstić information content (AvgIpc) is 3.18. The molecule has 1 aromatic heterocycles. The van der Waals surface area contributed by atoms with Crippen LogP contribution in [0.25, 0.3) is 22.6 Å². The van der Waals surface area contributed by atoms with Crippen molar-refractivity contribution in [3.63, 3.8) is 0 Å². The van der Waals surface area contributed by atoms with Crippen LogP contribution < -0.4 is 14.8 Å². The zero-order valence-corrected chi connectivity index (χ0v) is 17.6. The second-order valence-electron chi connectivity index (χ2n) is 7.17. The molecule has 1 heterocycles. The summed E-state index contributed by atoms with van der Waals surface area (Å²) in [5.74, 6) is 0.686. The minimum Gasteiger partial charge on any atom is -0.507 e. The van der Waals surface area contributed by atoms with Gasteiger partial charge in [0.2, 0.25) is 5.89 Å². The number of aromatic hydroxyl groups is 1. The summed E-state index contributed by atoms with van der Waals surface area (Å²) in [7, 11) is 2.98. The summed E-state index contributed by atoms with van der Waals surface area (Å²) in [6, 6.07) is 14.1. The van der Waals surface area contributed by atoms with Gasteiger partial charge in [-0.25, -0.2) is 4.98 Å². The van der Waals surface area contributed by atoms with E-state index in [-0.39, 0.29) is 17.2 Å². The molecule has 0 unspecified atom stereocenters. The number of anilines is 1. The molecule has 0 fully saturated rings. The highest BCUT2D eigenvalue weighted by Crippen LogP contribution is 2.37. The smallest absolute Gasteiger partial charge is 0.263 e. The van der Waals surface area contributed by atoms with E-state index in [1.165, 1.54) is 14.2 Å². The van der Waals surface area contributed by atoms with Crippen LogP contribution >= 0.6 is 0 Å². The van der Waals surface area contributed by atoms with Crippen LogP contribution in [0.1, 0.15) is 21.5 Å². The molecule has 0 aliphatic rings. The highest BCUT2D eigenvalue weighted by Gasteiger charge is 2.20. The fourth-order valence-corrected chi connectivity index (χ4v) is 3.44. The van der Waals surface area contributed by atoms with Crippen molar-refractivity contribution in [2.45, 2.75) is 13.8 Å². The van der Waals surface area contributed by atoms with Gasteiger partial charge >= 0.3 is 0 Å². The molecule has 2 N–H and O–H groups in total. The third-order valence-electron chi connectivity index (χ3n) is 4.99. The Labute approximate surface area is 179 Å². The molecule has 0 atom stereocenters. The van der Waals surface area contributed by atoms with Crippen LogP contribution in [-0.4, -0.2) is 30.2 Å². The van der Waals surface area contributed by atoms with Gasteiger partial charge in [-0.3, -0.25) is 4.79 Å². The maximum atomic E-state index is 13.0. The molecule has 0 spiro atoms. The number of carbonyl (C=O) groups excluding carboxylic acids is 1. The number of aromatic nitrogens is 1. The van der Waals surface area contributed by atoms with E-state index in [0.717, 1.165) is 5.56 Å². The molecule has 0 aliphatic carbocycles. The maximum Gasteiger partial charge on any atom is 0.263 e. The van der Waals surface area contributed by atoms with Gasteiger partial charge in [-0.05, 0) is 61.4 Å². The Morgan fingerprint density at radius 3 is 2.42 bits per heavy atom. The highest BCUT2D eigenvalue weighted by atomic mass is 16.5. The Hall–Kier alpha value is -4.00. The number of benzene rings is 3. The average molecular weight is 418 g/mol. The van der Waals surface area contributed by atoms with Gasteiger partial charge in [0.15, 0.2) is 5.58 Å². The van der Waals surface area contributed by atoms with E-state index in [1.54, 1.807) is 37.3 Å². The molecule has 0 saturated heterocycles. The summed E-state index contributed by atoms with van der Waals surface area (Å²) in [6.45, 7) is 3.71. The molecule has 31 heavy (non-hydrogen) atoms. The summed E-state index contributed by atoms with van der Waals surface area (Å²) in [4.78, 5) is 17.5. The fourth-order valence-electron chi connectivity index (χ4n) is 3.44. The zero-order chi connectivity index (χ0) is 22.1. The number of amides is 1. The standard InChI is InChI=1S/C24H22N2O5/c1-13-8-9-18-17(10-13)26-24(31-18)16-12-15(11-14(2)22(16)27)25-23(28)21-19(29-3)6-5-7-20(21)30-4/h5-12,27H,1-4H3,(H,25,28). The van der Waals surface area contributed by atoms with Crippen molar-refractivity contribution in [2.24, 2.45) is 0 Å². The molecular formula is C24H22N2O5. The van der Waals surface area contributed by atoms with Crippen LogP contribution in [0.5, 0.6) is 17.2 Å². The quantitative estimate of drug-likeness (QED) is 0.439. The molecule has 0 aliphatic heterocycles. The maximum absolute atomic E-state index is 13.0. The minimum atomic E-state index is -0.404. The molecule has 158 valence electrons. The third kappa shape index (κ3) is 3.77. The Balaban J connectivity index is 1.74. The van der Waals surface area contributed by atoms with Gasteiger partial charge in [0, 0.05) is 5.69 Å². The predicted octanol–water partition coefficient (Wildman–Crippen LogP) is 5.09. The van der Waals surface area contributed by atoms with Gasteiger partial charge < -0.3 is 24.3 Å². The lowest BCUT2D eigenvalue weighted by molar-refractivity contribution is 0.102. The summed E-state index contributed by atoms with van der Waals surface area (Å²) in [5.41, 5.74) is 4.07. The summed E-state index contributed by atoms with van der Waals surface area (Å²) in [6.07, 6.45) is 0. The number of phenols is 1. The van der Waals surface area contributed by atoms with Crippen molar-refractivity contribution < 1.29 is 23.8 Å². The number of phenolic OH excluding ortho intramolecular Hbond substituents is 1. The van der Waals surface area contributed by atoms with Gasteiger partial charge in [-0.15, -0.1) is 0 Å². The van der Waals surface area contributed by atoms with Crippen LogP contribution in [0.4, 0.5) is 5.69 Å².